The van der Waals surface area contributed by atoms with Gasteiger partial charge < -0.3 is 10.0 Å². The van der Waals surface area contributed by atoms with Gasteiger partial charge in [-0.05, 0) is 24.5 Å². The van der Waals surface area contributed by atoms with Crippen LogP contribution in [0.2, 0.25) is 0 Å². The van der Waals surface area contributed by atoms with Crippen LogP contribution in [0.5, 0.6) is 0 Å². The Labute approximate surface area is 125 Å². The van der Waals surface area contributed by atoms with Crippen LogP contribution >= 0.6 is 0 Å². The minimum atomic E-state index is -0.891. The van der Waals surface area contributed by atoms with E-state index >= 15 is 0 Å². The molecule has 21 heavy (non-hydrogen) atoms. The van der Waals surface area contributed by atoms with Crippen LogP contribution in [0.4, 0.5) is 10.5 Å². The number of carboxylic acids is 1. The maximum atomic E-state index is 12.7. The van der Waals surface area contributed by atoms with Gasteiger partial charge >= 0.3 is 12.0 Å². The van der Waals surface area contributed by atoms with Crippen molar-refractivity contribution in [1.82, 2.24) is 4.90 Å². The van der Waals surface area contributed by atoms with E-state index in [1.165, 1.54) is 0 Å². The number of anilines is 1. The number of fused-ring (bicyclic) bond motifs is 1. The number of para-hydroxylation sites is 1. The lowest BCUT2D eigenvalue weighted by Gasteiger charge is -2.32. The number of carbonyl (C=O) groups is 2. The maximum absolute atomic E-state index is 12.7. The molecule has 1 aliphatic heterocycles. The van der Waals surface area contributed by atoms with Crippen molar-refractivity contribution in [2.75, 3.05) is 18.5 Å². The number of aliphatic carboxylic acids is 1. The molecule has 0 spiro atoms. The lowest BCUT2D eigenvalue weighted by Crippen LogP contribution is -2.46. The number of hydrogen-bond acceptors (Lipinski definition) is 2. The Bertz CT molecular complexity index is 556. The van der Waals surface area contributed by atoms with Gasteiger partial charge in [0.2, 0.25) is 0 Å². The molecule has 0 saturated heterocycles. The molecule has 114 valence electrons. The number of amides is 2. The van der Waals surface area contributed by atoms with Crippen LogP contribution in [0, 0.1) is 5.92 Å². The molecule has 1 heterocycles. The minimum Gasteiger partial charge on any atom is -0.481 e. The van der Waals surface area contributed by atoms with E-state index < -0.39 is 11.9 Å². The van der Waals surface area contributed by atoms with Gasteiger partial charge in [0, 0.05) is 25.3 Å². The van der Waals surface area contributed by atoms with Crippen LogP contribution < -0.4 is 4.90 Å². The average molecular weight is 290 g/mol. The van der Waals surface area contributed by atoms with Gasteiger partial charge in [-0.15, -0.1) is 0 Å². The molecule has 1 N–H and O–H groups in total. The summed E-state index contributed by atoms with van der Waals surface area (Å²) in [5, 5.41) is 9.34. The molecule has 2 amide bonds. The van der Waals surface area contributed by atoms with E-state index in [9.17, 15) is 14.7 Å². The Morgan fingerprint density at radius 1 is 1.29 bits per heavy atom. The van der Waals surface area contributed by atoms with Crippen molar-refractivity contribution in [3.05, 3.63) is 29.8 Å². The third-order valence-electron chi connectivity index (χ3n) is 4.37. The topological polar surface area (TPSA) is 60.9 Å². The highest BCUT2D eigenvalue weighted by molar-refractivity contribution is 5.98. The van der Waals surface area contributed by atoms with Crippen molar-refractivity contribution in [2.45, 2.75) is 32.7 Å². The first kappa shape index (κ1) is 15.4. The summed E-state index contributed by atoms with van der Waals surface area (Å²) in [5.41, 5.74) is 1.42. The van der Waals surface area contributed by atoms with Gasteiger partial charge in [0.25, 0.3) is 0 Å². The SMILES string of the molecule is CC(C)C(C)N(C)C(=O)N1CC(C(=O)O)c2ccccc21. The summed E-state index contributed by atoms with van der Waals surface area (Å²) < 4.78 is 0. The first-order valence-corrected chi connectivity index (χ1v) is 7.20. The molecule has 5 nitrogen and oxygen atoms in total. The predicted octanol–water partition coefficient (Wildman–Crippen LogP) is 2.77. The van der Waals surface area contributed by atoms with E-state index in [0.717, 1.165) is 0 Å². The van der Waals surface area contributed by atoms with Gasteiger partial charge in [0.15, 0.2) is 0 Å². The lowest BCUT2D eigenvalue weighted by atomic mass is 10.0. The Kier molecular flexibility index (Phi) is 4.21. The Hall–Kier alpha value is -2.04. The second kappa shape index (κ2) is 5.76. The molecule has 1 aromatic carbocycles. The molecular weight excluding hydrogens is 268 g/mol. The van der Waals surface area contributed by atoms with Gasteiger partial charge in [-0.3, -0.25) is 9.69 Å². The van der Waals surface area contributed by atoms with Crippen molar-refractivity contribution in [1.29, 1.82) is 0 Å². The fourth-order valence-corrected chi connectivity index (χ4v) is 2.61. The number of urea groups is 1. The quantitative estimate of drug-likeness (QED) is 0.931. The van der Waals surface area contributed by atoms with Crippen molar-refractivity contribution >= 4 is 17.7 Å². The van der Waals surface area contributed by atoms with Gasteiger partial charge in [-0.1, -0.05) is 32.0 Å². The first-order chi connectivity index (χ1) is 9.84. The number of carboxylic acid groups (broad SMARTS) is 1. The summed E-state index contributed by atoms with van der Waals surface area (Å²) >= 11 is 0. The summed E-state index contributed by atoms with van der Waals surface area (Å²) in [6.45, 7) is 6.32. The lowest BCUT2D eigenvalue weighted by molar-refractivity contribution is -0.138. The van der Waals surface area contributed by atoms with E-state index in [2.05, 4.69) is 13.8 Å². The van der Waals surface area contributed by atoms with Crippen LogP contribution in [0.25, 0.3) is 0 Å². The van der Waals surface area contributed by atoms with E-state index in [1.807, 2.05) is 25.1 Å². The molecule has 0 aliphatic carbocycles. The van der Waals surface area contributed by atoms with Crippen LogP contribution in [0.1, 0.15) is 32.3 Å². The standard InChI is InChI=1S/C16H22N2O3/c1-10(2)11(3)17(4)16(21)18-9-13(15(19)20)12-7-5-6-8-14(12)18/h5-8,10-11,13H,9H2,1-4H3,(H,19,20). The average Bonchev–Trinajstić information content (AvgIpc) is 2.84. The van der Waals surface area contributed by atoms with E-state index in [-0.39, 0.29) is 18.6 Å². The highest BCUT2D eigenvalue weighted by atomic mass is 16.4. The van der Waals surface area contributed by atoms with Crippen LogP contribution in [0.15, 0.2) is 24.3 Å². The minimum absolute atomic E-state index is 0.0912. The second-order valence-electron chi connectivity index (χ2n) is 5.94. The molecule has 0 saturated carbocycles. The smallest absolute Gasteiger partial charge is 0.324 e. The van der Waals surface area contributed by atoms with Gasteiger partial charge in [-0.2, -0.15) is 0 Å². The van der Waals surface area contributed by atoms with Gasteiger partial charge in [0.05, 0.1) is 0 Å². The van der Waals surface area contributed by atoms with Gasteiger partial charge in [0.1, 0.15) is 5.92 Å². The zero-order chi connectivity index (χ0) is 15.7. The fraction of sp³-hybridized carbons (Fsp3) is 0.500. The Balaban J connectivity index is 2.30. The van der Waals surface area contributed by atoms with Crippen molar-refractivity contribution in [3.8, 4) is 0 Å². The molecule has 2 unspecified atom stereocenters. The zero-order valence-electron chi connectivity index (χ0n) is 12.9. The highest BCUT2D eigenvalue weighted by Crippen LogP contribution is 2.37. The number of hydrogen-bond donors (Lipinski definition) is 1. The normalized spacial score (nSPS) is 18.5. The summed E-state index contributed by atoms with van der Waals surface area (Å²) in [5.74, 6) is -1.20. The molecule has 2 rings (SSSR count). The number of benzene rings is 1. The Morgan fingerprint density at radius 3 is 2.48 bits per heavy atom. The van der Waals surface area contributed by atoms with Crippen LogP contribution in [-0.2, 0) is 4.79 Å². The van der Waals surface area contributed by atoms with Crippen LogP contribution in [-0.4, -0.2) is 41.6 Å². The maximum Gasteiger partial charge on any atom is 0.324 e. The number of nitrogens with zero attached hydrogens (tertiary/aromatic N) is 2. The monoisotopic (exact) mass is 290 g/mol. The highest BCUT2D eigenvalue weighted by Gasteiger charge is 2.38. The zero-order valence-corrected chi connectivity index (χ0v) is 12.9. The summed E-state index contributed by atoms with van der Waals surface area (Å²) in [6.07, 6.45) is 0. The number of carbonyl (C=O) groups excluding carboxylic acids is 1. The molecular formula is C16H22N2O3. The third-order valence-corrected chi connectivity index (χ3v) is 4.37. The van der Waals surface area contributed by atoms with Crippen LogP contribution in [0.3, 0.4) is 0 Å². The first-order valence-electron chi connectivity index (χ1n) is 7.20. The molecule has 2 atom stereocenters. The van der Waals surface area contributed by atoms with Crippen molar-refractivity contribution < 1.29 is 14.7 Å². The predicted molar refractivity (Wildman–Crippen MR) is 81.6 cm³/mol. The molecule has 1 aliphatic rings. The summed E-state index contributed by atoms with van der Waals surface area (Å²) in [4.78, 5) is 27.3. The molecule has 0 radical (unpaired) electrons. The Morgan fingerprint density at radius 2 is 1.90 bits per heavy atom. The fourth-order valence-electron chi connectivity index (χ4n) is 2.61. The van der Waals surface area contributed by atoms with E-state index in [0.29, 0.717) is 17.2 Å². The second-order valence-corrected chi connectivity index (χ2v) is 5.94. The molecule has 0 aromatic heterocycles. The molecule has 0 bridgehead atoms. The number of rotatable bonds is 3. The van der Waals surface area contributed by atoms with E-state index in [4.69, 9.17) is 0 Å². The van der Waals surface area contributed by atoms with Crippen molar-refractivity contribution in [2.24, 2.45) is 5.92 Å². The molecule has 1 aromatic rings. The van der Waals surface area contributed by atoms with E-state index in [1.54, 1.807) is 22.9 Å². The van der Waals surface area contributed by atoms with Gasteiger partial charge in [-0.25, -0.2) is 4.79 Å². The third kappa shape index (κ3) is 2.73. The summed E-state index contributed by atoms with van der Waals surface area (Å²) in [6, 6.07) is 7.18. The summed E-state index contributed by atoms with van der Waals surface area (Å²) in [7, 11) is 1.77. The molecule has 5 heteroatoms. The van der Waals surface area contributed by atoms with Crippen molar-refractivity contribution in [3.63, 3.8) is 0 Å². The molecule has 0 fully saturated rings. The largest absolute Gasteiger partial charge is 0.481 e.